The number of para-hydroxylation sites is 4. The van der Waals surface area contributed by atoms with Gasteiger partial charge in [-0.15, -0.1) is 0 Å². The number of fused-ring (bicyclic) bond motifs is 8. The maximum atomic E-state index is 5.37. The van der Waals surface area contributed by atoms with Gasteiger partial charge in [0.05, 0.1) is 33.5 Å². The van der Waals surface area contributed by atoms with Crippen LogP contribution in [-0.2, 0) is 0 Å². The van der Waals surface area contributed by atoms with Crippen LogP contribution in [0.1, 0.15) is 0 Å². The molecule has 0 aliphatic rings. The van der Waals surface area contributed by atoms with Gasteiger partial charge in [0.15, 0.2) is 5.82 Å². The van der Waals surface area contributed by atoms with Crippen LogP contribution < -0.4 is 0 Å². The first-order valence-corrected chi connectivity index (χ1v) is 18.6. The number of hydrogen-bond donors (Lipinski definition) is 0. The van der Waals surface area contributed by atoms with Gasteiger partial charge in [0.25, 0.3) is 0 Å². The highest BCUT2D eigenvalue weighted by Crippen LogP contribution is 2.42. The van der Waals surface area contributed by atoms with Gasteiger partial charge in [0.1, 0.15) is 0 Å². The Labute approximate surface area is 317 Å². The second-order valence-electron chi connectivity index (χ2n) is 14.0. The van der Waals surface area contributed by atoms with Gasteiger partial charge in [0.2, 0.25) is 0 Å². The summed E-state index contributed by atoms with van der Waals surface area (Å²) < 4.78 is 2.41. The molecule has 256 valence electrons. The van der Waals surface area contributed by atoms with E-state index in [1.165, 1.54) is 38.3 Å². The molecule has 4 nitrogen and oxygen atoms in total. The summed E-state index contributed by atoms with van der Waals surface area (Å²) in [5.41, 5.74) is 12.6. The fourth-order valence-electron chi connectivity index (χ4n) is 8.24. The topological polar surface area (TPSA) is 43.6 Å². The van der Waals surface area contributed by atoms with E-state index in [1.807, 2.05) is 12.1 Å². The Bertz CT molecular complexity index is 3240. The summed E-state index contributed by atoms with van der Waals surface area (Å²) in [7, 11) is 0. The van der Waals surface area contributed by atoms with Gasteiger partial charge in [-0.25, -0.2) is 15.0 Å². The van der Waals surface area contributed by atoms with E-state index in [4.69, 9.17) is 15.0 Å². The Kier molecular flexibility index (Phi) is 7.14. The van der Waals surface area contributed by atoms with Crippen LogP contribution >= 0.6 is 0 Å². The molecular weight excluding hydrogens is 669 g/mol. The zero-order valence-electron chi connectivity index (χ0n) is 29.8. The summed E-state index contributed by atoms with van der Waals surface area (Å²) in [6.45, 7) is 0. The van der Waals surface area contributed by atoms with Crippen LogP contribution in [0.2, 0.25) is 0 Å². The molecule has 11 aromatic rings. The van der Waals surface area contributed by atoms with Gasteiger partial charge >= 0.3 is 0 Å². The van der Waals surface area contributed by atoms with Gasteiger partial charge in [0, 0.05) is 54.7 Å². The van der Waals surface area contributed by atoms with Gasteiger partial charge in [-0.3, -0.25) is 0 Å². The maximum Gasteiger partial charge on any atom is 0.160 e. The van der Waals surface area contributed by atoms with Crippen LogP contribution in [-0.4, -0.2) is 19.5 Å². The van der Waals surface area contributed by atoms with Crippen molar-refractivity contribution in [3.8, 4) is 50.7 Å². The van der Waals surface area contributed by atoms with E-state index < -0.39 is 0 Å². The molecule has 0 N–H and O–H groups in total. The van der Waals surface area contributed by atoms with Crippen molar-refractivity contribution in [2.24, 2.45) is 0 Å². The van der Waals surface area contributed by atoms with Gasteiger partial charge in [-0.1, -0.05) is 158 Å². The Hall–Kier alpha value is -7.43. The summed E-state index contributed by atoms with van der Waals surface area (Å²) >= 11 is 0. The summed E-state index contributed by atoms with van der Waals surface area (Å²) in [4.78, 5) is 15.8. The minimum Gasteiger partial charge on any atom is -0.309 e. The SMILES string of the molecule is c1ccc(-c2ccc(-c3nc(-c4cccc(-c5nc6ccccc6c6c5ccc5c7ccccc7n(-c7ccccc7)c56)c4)nc4ccccc34)cc2)cc1. The molecule has 0 aliphatic carbocycles. The van der Waals surface area contributed by atoms with E-state index >= 15 is 0 Å². The lowest BCUT2D eigenvalue weighted by Gasteiger charge is -2.15. The smallest absolute Gasteiger partial charge is 0.160 e. The van der Waals surface area contributed by atoms with Crippen molar-refractivity contribution in [1.29, 1.82) is 0 Å². The zero-order valence-corrected chi connectivity index (χ0v) is 29.8. The zero-order chi connectivity index (χ0) is 36.3. The molecule has 0 saturated heterocycles. The number of hydrogen-bond acceptors (Lipinski definition) is 3. The van der Waals surface area contributed by atoms with E-state index in [0.717, 1.165) is 61.0 Å². The normalized spacial score (nSPS) is 11.6. The highest BCUT2D eigenvalue weighted by atomic mass is 15.0. The van der Waals surface area contributed by atoms with E-state index in [-0.39, 0.29) is 0 Å². The number of rotatable bonds is 5. The maximum absolute atomic E-state index is 5.37. The molecule has 0 spiro atoms. The average molecular weight is 701 g/mol. The molecule has 0 fully saturated rings. The monoisotopic (exact) mass is 700 g/mol. The van der Waals surface area contributed by atoms with E-state index in [0.29, 0.717) is 5.82 Å². The molecule has 11 rings (SSSR count). The van der Waals surface area contributed by atoms with Gasteiger partial charge in [-0.05, 0) is 47.5 Å². The molecule has 55 heavy (non-hydrogen) atoms. The minimum atomic E-state index is 0.680. The first-order valence-electron chi connectivity index (χ1n) is 18.6. The van der Waals surface area contributed by atoms with Crippen molar-refractivity contribution in [2.75, 3.05) is 0 Å². The molecule has 0 bridgehead atoms. The minimum absolute atomic E-state index is 0.680. The molecule has 0 aliphatic heterocycles. The molecule has 0 saturated carbocycles. The summed E-state index contributed by atoms with van der Waals surface area (Å²) in [5.74, 6) is 0.680. The first-order chi connectivity index (χ1) is 27.3. The Morgan fingerprint density at radius 1 is 0.327 bits per heavy atom. The van der Waals surface area contributed by atoms with Crippen molar-refractivity contribution in [1.82, 2.24) is 19.5 Å². The molecule has 4 heteroatoms. The molecule has 3 heterocycles. The third kappa shape index (κ3) is 5.11. The van der Waals surface area contributed by atoms with E-state index in [1.54, 1.807) is 0 Å². The lowest BCUT2D eigenvalue weighted by atomic mass is 9.96. The highest BCUT2D eigenvalue weighted by molar-refractivity contribution is 6.27. The van der Waals surface area contributed by atoms with Crippen LogP contribution in [0, 0.1) is 0 Å². The number of benzene rings is 8. The molecule has 0 amide bonds. The molecule has 0 radical (unpaired) electrons. The third-order valence-electron chi connectivity index (χ3n) is 10.8. The predicted octanol–water partition coefficient (Wildman–Crippen LogP) is 13.1. The Morgan fingerprint density at radius 3 is 1.69 bits per heavy atom. The lowest BCUT2D eigenvalue weighted by Crippen LogP contribution is -1.97. The molecule has 3 aromatic heterocycles. The van der Waals surface area contributed by atoms with E-state index in [2.05, 4.69) is 187 Å². The Morgan fingerprint density at radius 2 is 0.891 bits per heavy atom. The van der Waals surface area contributed by atoms with Gasteiger partial charge in [-0.2, -0.15) is 0 Å². The lowest BCUT2D eigenvalue weighted by molar-refractivity contribution is 1.19. The second kappa shape index (κ2) is 12.6. The Balaban J connectivity index is 1.12. The standard InChI is InChI=1S/C51H32N4/c1-3-14-33(15-4-1)34-26-28-35(29-27-34)48-42-22-8-11-24-45(42)53-51(54-48)37-17-13-16-36(32-37)49-43-31-30-40-39-20-9-12-25-46(39)55(38-18-5-2-6-19-38)50(40)47(43)41-21-7-10-23-44(41)52-49/h1-32H. The van der Waals surface area contributed by atoms with Crippen molar-refractivity contribution < 1.29 is 0 Å². The van der Waals surface area contributed by atoms with Crippen LogP contribution in [0.3, 0.4) is 0 Å². The fraction of sp³-hybridized carbons (Fsp3) is 0. The second-order valence-corrected chi connectivity index (χ2v) is 14.0. The molecule has 8 aromatic carbocycles. The van der Waals surface area contributed by atoms with Crippen LogP contribution in [0.4, 0.5) is 0 Å². The van der Waals surface area contributed by atoms with E-state index in [9.17, 15) is 0 Å². The van der Waals surface area contributed by atoms with Crippen LogP contribution in [0.15, 0.2) is 194 Å². The first kappa shape index (κ1) is 31.1. The quantitative estimate of drug-likeness (QED) is 0.168. The summed E-state index contributed by atoms with van der Waals surface area (Å²) in [6, 6.07) is 68.4. The number of aromatic nitrogens is 4. The highest BCUT2D eigenvalue weighted by Gasteiger charge is 2.20. The van der Waals surface area contributed by atoms with Crippen molar-refractivity contribution in [3.05, 3.63) is 194 Å². The summed E-state index contributed by atoms with van der Waals surface area (Å²) in [6.07, 6.45) is 0. The van der Waals surface area contributed by atoms with Crippen molar-refractivity contribution in [2.45, 2.75) is 0 Å². The largest absolute Gasteiger partial charge is 0.309 e. The van der Waals surface area contributed by atoms with Gasteiger partial charge < -0.3 is 4.57 Å². The predicted molar refractivity (Wildman–Crippen MR) is 228 cm³/mol. The third-order valence-corrected chi connectivity index (χ3v) is 10.8. The van der Waals surface area contributed by atoms with Crippen LogP contribution in [0.25, 0.3) is 105 Å². The molecule has 0 atom stereocenters. The van der Waals surface area contributed by atoms with Crippen molar-refractivity contribution >= 4 is 54.4 Å². The van der Waals surface area contributed by atoms with Crippen LogP contribution in [0.5, 0.6) is 0 Å². The van der Waals surface area contributed by atoms with Crippen molar-refractivity contribution in [3.63, 3.8) is 0 Å². The number of nitrogens with zero attached hydrogens (tertiary/aromatic N) is 4. The number of pyridine rings is 1. The molecular formula is C51H32N4. The fourth-order valence-corrected chi connectivity index (χ4v) is 8.24. The summed E-state index contributed by atoms with van der Waals surface area (Å²) in [5, 5.41) is 6.89. The molecule has 0 unspecified atom stereocenters. The average Bonchev–Trinajstić information content (AvgIpc) is 3.61.